The van der Waals surface area contributed by atoms with Crippen molar-refractivity contribution in [2.75, 3.05) is 0 Å². The van der Waals surface area contributed by atoms with Crippen molar-refractivity contribution in [3.8, 4) is 22.5 Å². The molecule has 6 heteroatoms. The van der Waals surface area contributed by atoms with Crippen LogP contribution < -0.4 is 0 Å². The molecule has 0 aliphatic carbocycles. The summed E-state index contributed by atoms with van der Waals surface area (Å²) >= 11 is 3.41. The Kier molecular flexibility index (Phi) is 3.61. The highest BCUT2D eigenvalue weighted by molar-refractivity contribution is 9.10. The second-order valence-electron chi connectivity index (χ2n) is 5.32. The Morgan fingerprint density at radius 3 is 2.54 bits per heavy atom. The van der Waals surface area contributed by atoms with Gasteiger partial charge >= 0.3 is 0 Å². The van der Waals surface area contributed by atoms with Gasteiger partial charge in [-0.2, -0.15) is 0 Å². The Balaban J connectivity index is 1.86. The van der Waals surface area contributed by atoms with E-state index < -0.39 is 11.6 Å². The zero-order chi connectivity index (χ0) is 16.7. The van der Waals surface area contributed by atoms with Gasteiger partial charge in [0.05, 0.1) is 23.2 Å². The van der Waals surface area contributed by atoms with Crippen LogP contribution in [0.5, 0.6) is 0 Å². The summed E-state index contributed by atoms with van der Waals surface area (Å²) in [4.78, 5) is 11.7. The number of pyridine rings is 1. The molecule has 2 heterocycles. The van der Waals surface area contributed by atoms with E-state index in [0.717, 1.165) is 38.8 Å². The van der Waals surface area contributed by atoms with Crippen LogP contribution in [0.2, 0.25) is 0 Å². The molecular weight excluding hydrogens is 376 g/mol. The third-order valence-electron chi connectivity index (χ3n) is 3.77. The molecule has 0 saturated carbocycles. The van der Waals surface area contributed by atoms with Gasteiger partial charge in [-0.05, 0) is 52.3 Å². The predicted molar refractivity (Wildman–Crippen MR) is 92.4 cm³/mol. The quantitative estimate of drug-likeness (QED) is 0.506. The number of halogens is 3. The average molecular weight is 386 g/mol. The summed E-state index contributed by atoms with van der Waals surface area (Å²) in [6.45, 7) is 0. The lowest BCUT2D eigenvalue weighted by molar-refractivity contribution is 0.509. The summed E-state index contributed by atoms with van der Waals surface area (Å²) in [5.74, 6) is -1.77. The molecule has 3 nitrogen and oxygen atoms in total. The van der Waals surface area contributed by atoms with Gasteiger partial charge in [-0.15, -0.1) is 0 Å². The average Bonchev–Trinajstić information content (AvgIpc) is 3.06. The summed E-state index contributed by atoms with van der Waals surface area (Å²) < 4.78 is 27.6. The van der Waals surface area contributed by atoms with E-state index in [4.69, 9.17) is 0 Å². The maximum atomic E-state index is 13.5. The second kappa shape index (κ2) is 5.79. The molecule has 2 aromatic carbocycles. The van der Waals surface area contributed by atoms with Crippen LogP contribution in [-0.4, -0.2) is 15.0 Å². The fourth-order valence-electron chi connectivity index (χ4n) is 2.64. The maximum absolute atomic E-state index is 13.5. The lowest BCUT2D eigenvalue weighted by Gasteiger charge is -2.06. The number of fused-ring (bicyclic) bond motifs is 1. The molecule has 118 valence electrons. The van der Waals surface area contributed by atoms with Crippen molar-refractivity contribution in [3.05, 3.63) is 71.1 Å². The van der Waals surface area contributed by atoms with Gasteiger partial charge in [0.2, 0.25) is 0 Å². The Bertz CT molecular complexity index is 1060. The topological polar surface area (TPSA) is 41.6 Å². The van der Waals surface area contributed by atoms with Gasteiger partial charge in [-0.25, -0.2) is 13.8 Å². The lowest BCUT2D eigenvalue weighted by Crippen LogP contribution is -1.89. The minimum absolute atomic E-state index is 0.512. The summed E-state index contributed by atoms with van der Waals surface area (Å²) in [5.41, 5.74) is 3.58. The van der Waals surface area contributed by atoms with Gasteiger partial charge in [0.1, 0.15) is 0 Å². The molecule has 0 atom stereocenters. The number of hydrogen-bond acceptors (Lipinski definition) is 2. The van der Waals surface area contributed by atoms with Crippen molar-refractivity contribution in [2.45, 2.75) is 0 Å². The van der Waals surface area contributed by atoms with Crippen LogP contribution >= 0.6 is 15.9 Å². The number of H-pyrrole nitrogens is 1. The summed E-state index contributed by atoms with van der Waals surface area (Å²) in [6, 6.07) is 11.5. The van der Waals surface area contributed by atoms with Gasteiger partial charge in [-0.1, -0.05) is 6.07 Å². The molecule has 0 amide bonds. The lowest BCUT2D eigenvalue weighted by atomic mass is 10.0. The Hall–Kier alpha value is -2.60. The zero-order valence-corrected chi connectivity index (χ0v) is 13.8. The second-order valence-corrected chi connectivity index (χ2v) is 6.23. The number of nitrogens with one attached hydrogen (secondary N) is 1. The van der Waals surface area contributed by atoms with E-state index in [1.54, 1.807) is 6.20 Å². The first-order chi connectivity index (χ1) is 11.6. The number of benzene rings is 2. The molecular formula is C18H10BrF2N3. The van der Waals surface area contributed by atoms with Gasteiger partial charge in [-0.3, -0.25) is 4.98 Å². The molecule has 0 saturated heterocycles. The molecule has 24 heavy (non-hydrogen) atoms. The molecule has 0 aliphatic heterocycles. The zero-order valence-electron chi connectivity index (χ0n) is 12.2. The number of aromatic amines is 1. The van der Waals surface area contributed by atoms with Crippen molar-refractivity contribution < 1.29 is 8.78 Å². The summed E-state index contributed by atoms with van der Waals surface area (Å²) in [7, 11) is 0. The largest absolute Gasteiger partial charge is 0.344 e. The van der Waals surface area contributed by atoms with Crippen LogP contribution in [0.25, 0.3) is 33.4 Å². The molecule has 4 aromatic rings. The van der Waals surface area contributed by atoms with E-state index in [1.807, 2.05) is 24.3 Å². The van der Waals surface area contributed by atoms with Gasteiger partial charge in [0.25, 0.3) is 0 Å². The molecule has 0 radical (unpaired) electrons. The first-order valence-corrected chi connectivity index (χ1v) is 7.95. The van der Waals surface area contributed by atoms with Crippen LogP contribution in [-0.2, 0) is 0 Å². The number of nitrogens with zero attached hydrogens (tertiary/aromatic N) is 2. The van der Waals surface area contributed by atoms with Crippen LogP contribution in [0.4, 0.5) is 8.78 Å². The molecule has 4 rings (SSSR count). The van der Waals surface area contributed by atoms with Crippen molar-refractivity contribution in [3.63, 3.8) is 0 Å². The molecule has 0 fully saturated rings. The summed E-state index contributed by atoms with van der Waals surface area (Å²) in [5, 5.41) is 0.965. The molecule has 1 N–H and O–H groups in total. The van der Waals surface area contributed by atoms with E-state index in [0.29, 0.717) is 11.3 Å². The Morgan fingerprint density at radius 2 is 1.71 bits per heavy atom. The normalized spacial score (nSPS) is 11.1. The van der Waals surface area contributed by atoms with Gasteiger partial charge < -0.3 is 4.98 Å². The SMILES string of the molecule is Fc1ccc(-c2nc[nH]c2-c2ccc3ncc(Br)cc3c2)cc1F. The number of rotatable bonds is 2. The third kappa shape index (κ3) is 2.59. The Morgan fingerprint density at radius 1 is 0.875 bits per heavy atom. The monoisotopic (exact) mass is 385 g/mol. The molecule has 2 aromatic heterocycles. The third-order valence-corrected chi connectivity index (χ3v) is 4.20. The van der Waals surface area contributed by atoms with Crippen LogP contribution in [0.1, 0.15) is 0 Å². The van der Waals surface area contributed by atoms with Crippen molar-refractivity contribution in [1.29, 1.82) is 0 Å². The van der Waals surface area contributed by atoms with Crippen molar-refractivity contribution in [1.82, 2.24) is 15.0 Å². The van der Waals surface area contributed by atoms with Crippen LogP contribution in [0.3, 0.4) is 0 Å². The highest BCUT2D eigenvalue weighted by Crippen LogP contribution is 2.31. The number of imidazole rings is 1. The first-order valence-electron chi connectivity index (χ1n) is 7.16. The van der Waals surface area contributed by atoms with Crippen LogP contribution in [0.15, 0.2) is 59.5 Å². The van der Waals surface area contributed by atoms with Crippen LogP contribution in [0, 0.1) is 11.6 Å². The minimum Gasteiger partial charge on any atom is -0.344 e. The van der Waals surface area contributed by atoms with Gasteiger partial charge in [0, 0.05) is 27.2 Å². The van der Waals surface area contributed by atoms with E-state index >= 15 is 0 Å². The predicted octanol–water partition coefficient (Wildman–Crippen LogP) is 5.33. The standard InChI is InChI=1S/C18H10BrF2N3/c19-13-6-12-5-10(2-4-16(12)22-8-13)17-18(24-9-23-17)11-1-3-14(20)15(21)7-11/h1-9H,(H,23,24). The number of hydrogen-bond donors (Lipinski definition) is 1. The van der Waals surface area contributed by atoms with E-state index in [1.165, 1.54) is 12.4 Å². The van der Waals surface area contributed by atoms with E-state index in [9.17, 15) is 8.78 Å². The fourth-order valence-corrected chi connectivity index (χ4v) is 2.99. The van der Waals surface area contributed by atoms with E-state index in [-0.39, 0.29) is 0 Å². The molecule has 0 spiro atoms. The Labute approximate surface area is 144 Å². The smallest absolute Gasteiger partial charge is 0.159 e. The maximum Gasteiger partial charge on any atom is 0.159 e. The minimum atomic E-state index is -0.895. The highest BCUT2D eigenvalue weighted by Gasteiger charge is 2.13. The van der Waals surface area contributed by atoms with Crippen molar-refractivity contribution in [2.24, 2.45) is 0 Å². The first kappa shape index (κ1) is 15.0. The van der Waals surface area contributed by atoms with Gasteiger partial charge in [0.15, 0.2) is 11.6 Å². The number of aromatic nitrogens is 3. The highest BCUT2D eigenvalue weighted by atomic mass is 79.9. The summed E-state index contributed by atoms with van der Waals surface area (Å²) in [6.07, 6.45) is 3.28. The molecule has 0 unspecified atom stereocenters. The van der Waals surface area contributed by atoms with Crippen molar-refractivity contribution >= 4 is 26.8 Å². The molecule has 0 bridgehead atoms. The molecule has 0 aliphatic rings. The van der Waals surface area contributed by atoms with E-state index in [2.05, 4.69) is 30.9 Å². The fraction of sp³-hybridized carbons (Fsp3) is 0.